The van der Waals surface area contributed by atoms with E-state index in [4.69, 9.17) is 0 Å². The summed E-state index contributed by atoms with van der Waals surface area (Å²) in [5, 5.41) is 9.98. The van der Waals surface area contributed by atoms with Crippen molar-refractivity contribution in [3.8, 4) is 0 Å². The average molecular weight is 377 g/mol. The van der Waals surface area contributed by atoms with Gasteiger partial charge in [-0.05, 0) is 73.6 Å². The van der Waals surface area contributed by atoms with Crippen molar-refractivity contribution in [2.75, 3.05) is 0 Å². The van der Waals surface area contributed by atoms with Crippen molar-refractivity contribution < 1.29 is 14.7 Å². The molecular weight excluding hydrogens is 344 g/mol. The second-order valence-corrected chi connectivity index (χ2v) is 9.04. The van der Waals surface area contributed by atoms with Crippen molar-refractivity contribution in [3.63, 3.8) is 0 Å². The number of hydrogen-bond acceptors (Lipinski definition) is 4. The van der Waals surface area contributed by atoms with E-state index in [0.717, 1.165) is 37.4 Å². The van der Waals surface area contributed by atoms with Crippen LogP contribution in [0.25, 0.3) is 0 Å². The van der Waals surface area contributed by atoms with Gasteiger partial charge in [-0.25, -0.2) is 0 Å². The fourth-order valence-corrected chi connectivity index (χ4v) is 3.94. The first kappa shape index (κ1) is 22.5. The molecule has 144 valence electrons. The molecule has 0 amide bonds. The summed E-state index contributed by atoms with van der Waals surface area (Å²) in [6.07, 6.45) is 11.3. The average Bonchev–Trinajstić information content (AvgIpc) is 2.74. The van der Waals surface area contributed by atoms with Crippen LogP contribution in [-0.4, -0.2) is 20.8 Å². The Labute approximate surface area is 162 Å². The molecule has 26 heavy (non-hydrogen) atoms. The molecule has 0 aromatic carbocycles. The first-order chi connectivity index (χ1) is 12.1. The molecule has 1 rings (SSSR count). The number of aliphatic hydroxyl groups excluding tert-OH is 1. The Morgan fingerprint density at radius 1 is 1.00 bits per heavy atom. The third kappa shape index (κ3) is 6.64. The second kappa shape index (κ2) is 9.96. The van der Waals surface area contributed by atoms with Crippen LogP contribution in [-0.2, 0) is 9.59 Å². The minimum atomic E-state index is -0.727. The van der Waals surface area contributed by atoms with Crippen LogP contribution < -0.4 is 0 Å². The molecule has 1 heterocycles. The van der Waals surface area contributed by atoms with Crippen molar-refractivity contribution in [2.45, 2.75) is 78.4 Å². The van der Waals surface area contributed by atoms with Gasteiger partial charge in [0.25, 0.3) is 0 Å². The molecule has 0 bridgehead atoms. The lowest BCUT2D eigenvalue weighted by molar-refractivity contribution is -0.116. The molecule has 1 aliphatic rings. The molecule has 0 spiro atoms. The summed E-state index contributed by atoms with van der Waals surface area (Å²) in [5.74, 6) is -0.433. The normalized spacial score (nSPS) is 21.4. The number of allylic oxidation sites excluding steroid dienone is 6. The molecule has 0 saturated carbocycles. The fraction of sp³-hybridized carbons (Fsp3) is 0.545. The number of rotatable bonds is 9. The quantitative estimate of drug-likeness (QED) is 0.383. The maximum Gasteiger partial charge on any atom is 0.227 e. The number of ketones is 1. The second-order valence-electron chi connectivity index (χ2n) is 7.56. The predicted molar refractivity (Wildman–Crippen MR) is 111 cm³/mol. The van der Waals surface area contributed by atoms with Crippen LogP contribution in [0, 0.1) is 0 Å². The highest BCUT2D eigenvalue weighted by Crippen LogP contribution is 2.45. The minimum Gasteiger partial charge on any atom is -0.510 e. The standard InChI is InChI=1S/C22H32O3S/c1-15(2)9-7-10-16(3)11-8-12-17(4)13-14-22(6)20(24)19(18(5)23)21(25)26-22/h9,11,13,24H,7-8,10,12,14H2,1-6H3/b16-11+,17-13+. The summed E-state index contributed by atoms with van der Waals surface area (Å²) in [7, 11) is 0. The molecule has 0 aromatic rings. The Kier molecular flexibility index (Phi) is 8.61. The van der Waals surface area contributed by atoms with Gasteiger partial charge < -0.3 is 5.11 Å². The van der Waals surface area contributed by atoms with Crippen molar-refractivity contribution in [3.05, 3.63) is 46.3 Å². The maximum absolute atomic E-state index is 12.0. The van der Waals surface area contributed by atoms with Crippen molar-refractivity contribution >= 4 is 22.7 Å². The summed E-state index contributed by atoms with van der Waals surface area (Å²) in [4.78, 5) is 23.5. The number of carbonyl (C=O) groups is 2. The van der Waals surface area contributed by atoms with E-state index in [1.54, 1.807) is 0 Å². The van der Waals surface area contributed by atoms with E-state index >= 15 is 0 Å². The minimum absolute atomic E-state index is 0.0431. The molecule has 0 fully saturated rings. The molecule has 1 unspecified atom stereocenters. The Hall–Kier alpha value is -1.55. The lowest BCUT2D eigenvalue weighted by Crippen LogP contribution is -2.20. The Morgan fingerprint density at radius 2 is 1.54 bits per heavy atom. The van der Waals surface area contributed by atoms with E-state index in [1.165, 1.54) is 23.6 Å². The number of carbonyl (C=O) groups excluding carboxylic acids is 2. The first-order valence-electron chi connectivity index (χ1n) is 9.19. The lowest BCUT2D eigenvalue weighted by atomic mass is 9.97. The zero-order valence-corrected chi connectivity index (χ0v) is 17.8. The SMILES string of the molecule is CC(=O)C1=C(O)C(C)(C/C=C(\C)CC/C=C(\C)CCC=C(C)C)SC1=O. The Balaban J connectivity index is 2.58. The molecule has 0 aliphatic carbocycles. The van der Waals surface area contributed by atoms with Gasteiger partial charge in [-0.1, -0.05) is 46.7 Å². The third-order valence-corrected chi connectivity index (χ3v) is 5.77. The number of thioether (sulfide) groups is 1. The molecule has 0 aromatic heterocycles. The topological polar surface area (TPSA) is 54.4 Å². The number of Topliss-reactive ketones (excluding diaryl/α,β-unsaturated/α-hetero) is 1. The summed E-state index contributed by atoms with van der Waals surface area (Å²) in [6, 6.07) is 0. The molecule has 1 aliphatic heterocycles. The van der Waals surface area contributed by atoms with Gasteiger partial charge in [0.15, 0.2) is 5.78 Å². The zero-order chi connectivity index (χ0) is 19.9. The summed E-state index contributed by atoms with van der Waals surface area (Å²) in [5.41, 5.74) is 3.96. The van der Waals surface area contributed by atoms with Gasteiger partial charge >= 0.3 is 0 Å². The summed E-state index contributed by atoms with van der Waals surface area (Å²) >= 11 is 1.05. The fourth-order valence-electron chi connectivity index (χ4n) is 2.82. The molecule has 1 N–H and O–H groups in total. The molecule has 0 saturated heterocycles. The highest BCUT2D eigenvalue weighted by atomic mass is 32.2. The van der Waals surface area contributed by atoms with Gasteiger partial charge in [-0.3, -0.25) is 9.59 Å². The van der Waals surface area contributed by atoms with E-state index in [0.29, 0.717) is 6.42 Å². The molecule has 0 radical (unpaired) electrons. The van der Waals surface area contributed by atoms with Gasteiger partial charge in [0, 0.05) is 0 Å². The van der Waals surface area contributed by atoms with E-state index in [2.05, 4.69) is 45.9 Å². The van der Waals surface area contributed by atoms with Crippen LogP contribution in [0.4, 0.5) is 0 Å². The van der Waals surface area contributed by atoms with Gasteiger partial charge in [0.05, 0.1) is 4.75 Å². The highest BCUT2D eigenvalue weighted by Gasteiger charge is 2.44. The molecular formula is C22H32O3S. The van der Waals surface area contributed by atoms with E-state index in [9.17, 15) is 14.7 Å². The van der Waals surface area contributed by atoms with Crippen LogP contribution in [0.2, 0.25) is 0 Å². The molecule has 3 nitrogen and oxygen atoms in total. The van der Waals surface area contributed by atoms with E-state index in [-0.39, 0.29) is 22.2 Å². The van der Waals surface area contributed by atoms with Gasteiger partial charge in [-0.15, -0.1) is 0 Å². The first-order valence-corrected chi connectivity index (χ1v) is 10.0. The smallest absolute Gasteiger partial charge is 0.227 e. The predicted octanol–water partition coefficient (Wildman–Crippen LogP) is 6.23. The van der Waals surface area contributed by atoms with E-state index in [1.807, 2.05) is 6.92 Å². The van der Waals surface area contributed by atoms with Crippen LogP contribution in [0.15, 0.2) is 46.3 Å². The number of aliphatic hydroxyl groups is 1. The molecule has 4 heteroatoms. The number of hydrogen-bond donors (Lipinski definition) is 1. The Morgan fingerprint density at radius 3 is 2.04 bits per heavy atom. The van der Waals surface area contributed by atoms with Crippen molar-refractivity contribution in [2.24, 2.45) is 0 Å². The summed E-state index contributed by atoms with van der Waals surface area (Å²) < 4.78 is -0.727. The van der Waals surface area contributed by atoms with Crippen LogP contribution >= 0.6 is 11.8 Å². The van der Waals surface area contributed by atoms with Crippen LogP contribution in [0.1, 0.15) is 73.6 Å². The molecule has 1 atom stereocenters. The maximum atomic E-state index is 12.0. The zero-order valence-electron chi connectivity index (χ0n) is 16.9. The third-order valence-electron chi connectivity index (χ3n) is 4.57. The van der Waals surface area contributed by atoms with Crippen LogP contribution in [0.5, 0.6) is 0 Å². The van der Waals surface area contributed by atoms with Gasteiger partial charge in [0.1, 0.15) is 11.3 Å². The Bertz CT molecular complexity index is 676. The van der Waals surface area contributed by atoms with Crippen molar-refractivity contribution in [1.29, 1.82) is 0 Å². The van der Waals surface area contributed by atoms with Crippen molar-refractivity contribution in [1.82, 2.24) is 0 Å². The summed E-state index contributed by atoms with van der Waals surface area (Å²) in [6.45, 7) is 11.6. The monoisotopic (exact) mass is 376 g/mol. The van der Waals surface area contributed by atoms with Crippen LogP contribution in [0.3, 0.4) is 0 Å². The highest BCUT2D eigenvalue weighted by molar-refractivity contribution is 8.16. The van der Waals surface area contributed by atoms with Gasteiger partial charge in [0.2, 0.25) is 5.12 Å². The van der Waals surface area contributed by atoms with E-state index < -0.39 is 4.75 Å². The largest absolute Gasteiger partial charge is 0.510 e. The van der Waals surface area contributed by atoms with Gasteiger partial charge in [-0.2, -0.15) is 0 Å². The lowest BCUT2D eigenvalue weighted by Gasteiger charge is -2.20.